The fraction of sp³-hybridized carbons (Fsp3) is 0.286. The van der Waals surface area contributed by atoms with E-state index in [1.807, 2.05) is 36.4 Å². The number of Topliss-reactive ketones (excluding diaryl/α,β-unsaturated/α-hetero) is 1. The highest BCUT2D eigenvalue weighted by molar-refractivity contribution is 6.24. The Morgan fingerprint density at radius 1 is 0.971 bits per heavy atom. The number of carbonyl (C=O) groups excluding carboxylic acids is 4. The zero-order valence-corrected chi connectivity index (χ0v) is 18.9. The molecule has 34 heavy (non-hydrogen) atoms. The van der Waals surface area contributed by atoms with Gasteiger partial charge in [-0.15, -0.1) is 0 Å². The van der Waals surface area contributed by atoms with Gasteiger partial charge >= 0.3 is 0 Å². The summed E-state index contributed by atoms with van der Waals surface area (Å²) in [5, 5.41) is 12.8. The van der Waals surface area contributed by atoms with E-state index in [0.29, 0.717) is 28.7 Å². The SMILES string of the molecule is CC1=CC(=O)C2=C(CC3C(=CCC4C(=O)N(C)C(=O)C43)C2c2c(O)ccc3ccccc23)C1=O. The third-order valence-electron chi connectivity index (χ3n) is 8.02. The van der Waals surface area contributed by atoms with Gasteiger partial charge in [-0.05, 0) is 48.6 Å². The molecule has 0 saturated carbocycles. The van der Waals surface area contributed by atoms with Gasteiger partial charge in [-0.3, -0.25) is 24.1 Å². The van der Waals surface area contributed by atoms with Crippen LogP contribution in [0.4, 0.5) is 0 Å². The normalized spacial score (nSPS) is 28.6. The van der Waals surface area contributed by atoms with E-state index in [2.05, 4.69) is 0 Å². The third kappa shape index (κ3) is 2.62. The van der Waals surface area contributed by atoms with E-state index in [4.69, 9.17) is 0 Å². The number of aromatic hydroxyl groups is 1. The van der Waals surface area contributed by atoms with Gasteiger partial charge in [-0.2, -0.15) is 0 Å². The minimum atomic E-state index is -0.657. The number of fused-ring (bicyclic) bond motifs is 4. The van der Waals surface area contributed by atoms with Crippen LogP contribution in [0.3, 0.4) is 0 Å². The summed E-state index contributed by atoms with van der Waals surface area (Å²) in [4.78, 5) is 53.7. The maximum Gasteiger partial charge on any atom is 0.233 e. The van der Waals surface area contributed by atoms with Crippen LogP contribution in [0.5, 0.6) is 5.75 Å². The van der Waals surface area contributed by atoms with E-state index in [1.165, 1.54) is 18.0 Å². The quantitative estimate of drug-likeness (QED) is 0.405. The molecular formula is C28H23NO5. The van der Waals surface area contributed by atoms with Crippen LogP contribution < -0.4 is 0 Å². The molecule has 2 aromatic rings. The number of amides is 2. The Labute approximate surface area is 196 Å². The topological polar surface area (TPSA) is 91.8 Å². The molecule has 1 fully saturated rings. The Hall–Kier alpha value is -3.80. The lowest BCUT2D eigenvalue weighted by atomic mass is 9.59. The summed E-state index contributed by atoms with van der Waals surface area (Å²) in [6.07, 6.45) is 3.98. The van der Waals surface area contributed by atoms with Gasteiger partial charge in [0, 0.05) is 35.2 Å². The summed E-state index contributed by atoms with van der Waals surface area (Å²) in [5.41, 5.74) is 2.57. The zero-order valence-electron chi connectivity index (χ0n) is 18.9. The van der Waals surface area contributed by atoms with Crippen LogP contribution in [-0.4, -0.2) is 40.4 Å². The summed E-state index contributed by atoms with van der Waals surface area (Å²) in [6.45, 7) is 1.63. The summed E-state index contributed by atoms with van der Waals surface area (Å²) >= 11 is 0. The number of carbonyl (C=O) groups is 4. The van der Waals surface area contributed by atoms with Crippen LogP contribution in [-0.2, 0) is 19.2 Å². The van der Waals surface area contributed by atoms with Crippen molar-refractivity contribution in [3.8, 4) is 5.75 Å². The van der Waals surface area contributed by atoms with Crippen LogP contribution in [0.2, 0.25) is 0 Å². The number of ketones is 2. The second-order valence-corrected chi connectivity index (χ2v) is 9.68. The first-order chi connectivity index (χ1) is 16.3. The fourth-order valence-electron chi connectivity index (χ4n) is 6.46. The number of benzene rings is 2. The van der Waals surface area contributed by atoms with Crippen molar-refractivity contribution in [1.82, 2.24) is 4.90 Å². The van der Waals surface area contributed by atoms with E-state index in [-0.39, 0.29) is 41.5 Å². The first kappa shape index (κ1) is 20.8. The molecule has 6 nitrogen and oxygen atoms in total. The van der Waals surface area contributed by atoms with Crippen LogP contribution in [0.25, 0.3) is 10.8 Å². The van der Waals surface area contributed by atoms with Gasteiger partial charge in [0.2, 0.25) is 11.8 Å². The highest BCUT2D eigenvalue weighted by Crippen LogP contribution is 2.56. The van der Waals surface area contributed by atoms with Crippen molar-refractivity contribution in [3.63, 3.8) is 0 Å². The highest BCUT2D eigenvalue weighted by atomic mass is 16.3. The second-order valence-electron chi connectivity index (χ2n) is 9.68. The predicted molar refractivity (Wildman–Crippen MR) is 125 cm³/mol. The molecule has 1 saturated heterocycles. The number of hydrogen-bond acceptors (Lipinski definition) is 5. The average Bonchev–Trinajstić information content (AvgIpc) is 3.05. The van der Waals surface area contributed by atoms with Crippen molar-refractivity contribution in [2.45, 2.75) is 25.7 Å². The van der Waals surface area contributed by atoms with Gasteiger partial charge in [0.05, 0.1) is 11.8 Å². The first-order valence-electron chi connectivity index (χ1n) is 11.5. The molecule has 1 heterocycles. The maximum absolute atomic E-state index is 13.4. The van der Waals surface area contributed by atoms with Crippen LogP contribution >= 0.6 is 0 Å². The first-order valence-corrected chi connectivity index (χ1v) is 11.5. The van der Waals surface area contributed by atoms with Gasteiger partial charge < -0.3 is 5.11 Å². The van der Waals surface area contributed by atoms with Crippen molar-refractivity contribution < 1.29 is 24.3 Å². The number of imide groups is 1. The molecular weight excluding hydrogens is 430 g/mol. The minimum Gasteiger partial charge on any atom is -0.508 e. The lowest BCUT2D eigenvalue weighted by molar-refractivity contribution is -0.138. The average molecular weight is 453 g/mol. The molecule has 0 spiro atoms. The minimum absolute atomic E-state index is 0.0386. The van der Waals surface area contributed by atoms with E-state index in [9.17, 15) is 24.3 Å². The summed E-state index contributed by atoms with van der Waals surface area (Å²) in [6, 6.07) is 11.0. The molecule has 6 rings (SSSR count). The number of phenolic OH excluding ortho intramolecular Hbond substituents is 1. The fourth-order valence-corrected chi connectivity index (χ4v) is 6.46. The number of likely N-dealkylation sites (tertiary alicyclic amines) is 1. The monoisotopic (exact) mass is 453 g/mol. The Morgan fingerprint density at radius 2 is 1.74 bits per heavy atom. The summed E-state index contributed by atoms with van der Waals surface area (Å²) < 4.78 is 0. The molecule has 1 aliphatic heterocycles. The third-order valence-corrected chi connectivity index (χ3v) is 8.02. The lowest BCUT2D eigenvalue weighted by Gasteiger charge is -2.42. The molecule has 2 aromatic carbocycles. The van der Waals surface area contributed by atoms with Crippen LogP contribution in [0, 0.1) is 17.8 Å². The molecule has 170 valence electrons. The van der Waals surface area contributed by atoms with E-state index in [1.54, 1.807) is 13.0 Å². The number of rotatable bonds is 1. The summed E-state index contributed by atoms with van der Waals surface area (Å²) in [5.74, 6) is -2.91. The molecule has 4 atom stereocenters. The van der Waals surface area contributed by atoms with E-state index in [0.717, 1.165) is 16.3 Å². The molecule has 1 N–H and O–H groups in total. The Morgan fingerprint density at radius 3 is 2.53 bits per heavy atom. The molecule has 4 aliphatic rings. The van der Waals surface area contributed by atoms with Gasteiger partial charge in [0.25, 0.3) is 0 Å². The number of hydrogen-bond donors (Lipinski definition) is 1. The largest absolute Gasteiger partial charge is 0.508 e. The van der Waals surface area contributed by atoms with Gasteiger partial charge in [-0.1, -0.05) is 42.0 Å². The number of allylic oxidation sites excluding steroid dienone is 6. The summed E-state index contributed by atoms with van der Waals surface area (Å²) in [7, 11) is 1.51. The smallest absolute Gasteiger partial charge is 0.233 e. The molecule has 4 unspecified atom stereocenters. The van der Waals surface area contributed by atoms with Gasteiger partial charge in [0.15, 0.2) is 11.6 Å². The van der Waals surface area contributed by atoms with Crippen molar-refractivity contribution in [2.24, 2.45) is 17.8 Å². The maximum atomic E-state index is 13.4. The van der Waals surface area contributed by atoms with E-state index < -0.39 is 17.8 Å². The Balaban J connectivity index is 1.64. The second kappa shape index (κ2) is 7.10. The Kier molecular flexibility index (Phi) is 4.34. The van der Waals surface area contributed by atoms with Crippen molar-refractivity contribution >= 4 is 34.2 Å². The highest BCUT2D eigenvalue weighted by Gasteiger charge is 2.55. The van der Waals surface area contributed by atoms with Crippen molar-refractivity contribution in [3.05, 3.63) is 76.4 Å². The zero-order chi connectivity index (χ0) is 23.9. The molecule has 0 bridgehead atoms. The Bertz CT molecular complexity index is 1440. The number of nitrogens with zero attached hydrogens (tertiary/aromatic N) is 1. The molecule has 0 aromatic heterocycles. The molecule has 0 radical (unpaired) electrons. The molecule has 2 amide bonds. The standard InChI is InChI=1S/C28H23NO5/c1-13-11-21(31)24-19(26(13)32)12-18-16(8-9-17-22(18)28(34)29(2)27(17)33)25(24)23-15-6-4-3-5-14(15)7-10-20(23)30/h3-8,10-11,17-18,22,25,30H,9,12H2,1-2H3. The van der Waals surface area contributed by atoms with Crippen LogP contribution in [0.15, 0.2) is 70.8 Å². The van der Waals surface area contributed by atoms with E-state index >= 15 is 0 Å². The van der Waals surface area contributed by atoms with Gasteiger partial charge in [0.1, 0.15) is 5.75 Å². The van der Waals surface area contributed by atoms with Crippen molar-refractivity contribution in [2.75, 3.05) is 7.05 Å². The molecule has 6 heteroatoms. The lowest BCUT2D eigenvalue weighted by Crippen LogP contribution is -2.39. The number of phenols is 1. The van der Waals surface area contributed by atoms with Crippen molar-refractivity contribution in [1.29, 1.82) is 0 Å². The predicted octanol–water partition coefficient (Wildman–Crippen LogP) is 3.60. The molecule has 3 aliphatic carbocycles. The van der Waals surface area contributed by atoms with Crippen LogP contribution in [0.1, 0.15) is 31.2 Å². The van der Waals surface area contributed by atoms with Gasteiger partial charge in [-0.25, -0.2) is 0 Å².